The Bertz CT molecular complexity index is 812. The Morgan fingerprint density at radius 3 is 2.52 bits per heavy atom. The summed E-state index contributed by atoms with van der Waals surface area (Å²) < 4.78 is 6.81. The van der Waals surface area contributed by atoms with Crippen molar-refractivity contribution in [1.82, 2.24) is 9.55 Å². The van der Waals surface area contributed by atoms with Crippen LogP contribution in [0.2, 0.25) is 0 Å². The second-order valence-electron chi connectivity index (χ2n) is 5.27. The maximum absolute atomic E-state index is 11.6. The molecular weight excluding hydrogens is 290 g/mol. The molecule has 0 saturated carbocycles. The first kappa shape index (κ1) is 15.1. The van der Waals surface area contributed by atoms with Gasteiger partial charge in [0, 0.05) is 19.3 Å². The van der Waals surface area contributed by atoms with Gasteiger partial charge in [-0.05, 0) is 24.3 Å². The fraction of sp³-hybridized carbons (Fsp3) is 0.222. The molecule has 0 bridgehead atoms. The first-order chi connectivity index (χ1) is 11.2. The summed E-state index contributed by atoms with van der Waals surface area (Å²) in [4.78, 5) is 18.3. The lowest BCUT2D eigenvalue weighted by atomic mass is 10.3. The number of carbonyl (C=O) groups excluding carboxylic acids is 1. The van der Waals surface area contributed by atoms with E-state index in [1.165, 1.54) is 7.11 Å². The molecule has 118 valence electrons. The Kier molecular flexibility index (Phi) is 4.28. The third kappa shape index (κ3) is 3.04. The Hall–Kier alpha value is -2.82. The maximum atomic E-state index is 11.6. The number of nitrogens with zero attached hydrogens (tertiary/aromatic N) is 3. The Morgan fingerprint density at radius 2 is 1.83 bits per heavy atom. The van der Waals surface area contributed by atoms with Gasteiger partial charge in [0.15, 0.2) is 0 Å². The van der Waals surface area contributed by atoms with E-state index in [4.69, 9.17) is 9.72 Å². The van der Waals surface area contributed by atoms with Gasteiger partial charge in [0.05, 0.1) is 24.6 Å². The van der Waals surface area contributed by atoms with Crippen molar-refractivity contribution in [2.75, 3.05) is 18.6 Å². The van der Waals surface area contributed by atoms with Gasteiger partial charge in [0.1, 0.15) is 0 Å². The molecule has 1 heterocycles. The fourth-order valence-corrected chi connectivity index (χ4v) is 2.63. The summed E-state index contributed by atoms with van der Waals surface area (Å²) in [6, 6.07) is 17.9. The van der Waals surface area contributed by atoms with Gasteiger partial charge in [-0.1, -0.05) is 30.3 Å². The number of carbonyl (C=O) groups is 1. The van der Waals surface area contributed by atoms with E-state index in [1.807, 2.05) is 71.1 Å². The molecule has 5 heteroatoms. The summed E-state index contributed by atoms with van der Waals surface area (Å²) in [5, 5.41) is 0. The summed E-state index contributed by atoms with van der Waals surface area (Å²) in [5.41, 5.74) is 2.99. The number of methoxy groups -OCH3 is 1. The van der Waals surface area contributed by atoms with Crippen molar-refractivity contribution < 1.29 is 9.53 Å². The van der Waals surface area contributed by atoms with Crippen molar-refractivity contribution in [2.24, 2.45) is 7.05 Å². The third-order valence-corrected chi connectivity index (χ3v) is 3.84. The largest absolute Gasteiger partial charge is 0.469 e. The van der Waals surface area contributed by atoms with Gasteiger partial charge in [-0.15, -0.1) is 0 Å². The SMILES string of the molecule is COC(=O)CCN(c1ccccc1)c1nc2ccccc2n1C. The van der Waals surface area contributed by atoms with Crippen molar-refractivity contribution in [1.29, 1.82) is 0 Å². The van der Waals surface area contributed by atoms with Crippen molar-refractivity contribution in [3.8, 4) is 0 Å². The van der Waals surface area contributed by atoms with E-state index >= 15 is 0 Å². The molecule has 2 aromatic carbocycles. The quantitative estimate of drug-likeness (QED) is 0.679. The highest BCUT2D eigenvalue weighted by atomic mass is 16.5. The smallest absolute Gasteiger partial charge is 0.307 e. The molecule has 0 aliphatic rings. The molecule has 0 unspecified atom stereocenters. The number of hydrogen-bond donors (Lipinski definition) is 0. The van der Waals surface area contributed by atoms with Crippen LogP contribution in [0.4, 0.5) is 11.6 Å². The number of aromatic nitrogens is 2. The highest BCUT2D eigenvalue weighted by molar-refractivity contribution is 5.80. The first-order valence-corrected chi connectivity index (χ1v) is 7.51. The molecule has 1 aromatic heterocycles. The summed E-state index contributed by atoms with van der Waals surface area (Å²) in [5.74, 6) is 0.575. The predicted octanol–water partition coefficient (Wildman–Crippen LogP) is 3.27. The zero-order valence-electron chi connectivity index (χ0n) is 13.3. The lowest BCUT2D eigenvalue weighted by Gasteiger charge is -2.23. The van der Waals surface area contributed by atoms with E-state index in [2.05, 4.69) is 0 Å². The van der Waals surface area contributed by atoms with Crippen molar-refractivity contribution >= 4 is 28.6 Å². The van der Waals surface area contributed by atoms with Gasteiger partial charge in [-0.3, -0.25) is 4.79 Å². The van der Waals surface area contributed by atoms with Crippen LogP contribution >= 0.6 is 0 Å². The number of rotatable bonds is 5. The lowest BCUT2D eigenvalue weighted by molar-refractivity contribution is -0.140. The minimum Gasteiger partial charge on any atom is -0.469 e. The maximum Gasteiger partial charge on any atom is 0.307 e. The molecule has 0 N–H and O–H groups in total. The van der Waals surface area contributed by atoms with Gasteiger partial charge < -0.3 is 14.2 Å². The van der Waals surface area contributed by atoms with E-state index in [9.17, 15) is 4.79 Å². The van der Waals surface area contributed by atoms with Crippen LogP contribution in [-0.2, 0) is 16.6 Å². The van der Waals surface area contributed by atoms with Crippen molar-refractivity contribution in [3.05, 3.63) is 54.6 Å². The summed E-state index contributed by atoms with van der Waals surface area (Å²) in [7, 11) is 3.39. The van der Waals surface area contributed by atoms with Gasteiger partial charge >= 0.3 is 5.97 Å². The van der Waals surface area contributed by atoms with Crippen molar-refractivity contribution in [2.45, 2.75) is 6.42 Å². The number of ether oxygens (including phenoxy) is 1. The van der Waals surface area contributed by atoms with E-state index in [0.717, 1.165) is 22.7 Å². The topological polar surface area (TPSA) is 47.4 Å². The molecule has 0 amide bonds. The van der Waals surface area contributed by atoms with Crippen LogP contribution in [0.15, 0.2) is 54.6 Å². The number of fused-ring (bicyclic) bond motifs is 1. The van der Waals surface area contributed by atoms with Crippen LogP contribution < -0.4 is 4.90 Å². The van der Waals surface area contributed by atoms with Gasteiger partial charge in [0.2, 0.25) is 5.95 Å². The third-order valence-electron chi connectivity index (χ3n) is 3.84. The van der Waals surface area contributed by atoms with Gasteiger partial charge in [-0.2, -0.15) is 0 Å². The number of aryl methyl sites for hydroxylation is 1. The van der Waals surface area contributed by atoms with E-state index in [-0.39, 0.29) is 5.97 Å². The van der Waals surface area contributed by atoms with Crippen LogP contribution in [0.25, 0.3) is 11.0 Å². The lowest BCUT2D eigenvalue weighted by Crippen LogP contribution is -2.24. The Labute approximate surface area is 135 Å². The summed E-state index contributed by atoms with van der Waals surface area (Å²) in [6.45, 7) is 0.508. The van der Waals surface area contributed by atoms with E-state index in [1.54, 1.807) is 0 Å². The second kappa shape index (κ2) is 6.52. The molecule has 5 nitrogen and oxygen atoms in total. The fourth-order valence-electron chi connectivity index (χ4n) is 2.63. The average Bonchev–Trinajstić information content (AvgIpc) is 2.93. The number of anilines is 2. The highest BCUT2D eigenvalue weighted by Gasteiger charge is 2.17. The number of imidazole rings is 1. The molecule has 0 aliphatic carbocycles. The zero-order valence-corrected chi connectivity index (χ0v) is 13.3. The van der Waals surface area contributed by atoms with Crippen LogP contribution in [0.1, 0.15) is 6.42 Å². The number of benzene rings is 2. The molecule has 0 radical (unpaired) electrons. The Morgan fingerprint density at radius 1 is 1.13 bits per heavy atom. The summed E-state index contributed by atoms with van der Waals surface area (Å²) in [6.07, 6.45) is 0.300. The number of hydrogen-bond acceptors (Lipinski definition) is 4. The molecule has 0 fully saturated rings. The molecule has 0 saturated heterocycles. The predicted molar refractivity (Wildman–Crippen MR) is 90.8 cm³/mol. The monoisotopic (exact) mass is 309 g/mol. The number of para-hydroxylation sites is 3. The zero-order chi connectivity index (χ0) is 16.2. The van der Waals surface area contributed by atoms with E-state index < -0.39 is 0 Å². The molecule has 0 aliphatic heterocycles. The molecule has 0 spiro atoms. The highest BCUT2D eigenvalue weighted by Crippen LogP contribution is 2.27. The van der Waals surface area contributed by atoms with E-state index in [0.29, 0.717) is 13.0 Å². The normalized spacial score (nSPS) is 10.7. The molecule has 3 aromatic rings. The molecule has 3 rings (SSSR count). The Balaban J connectivity index is 2.02. The molecule has 0 atom stereocenters. The second-order valence-corrected chi connectivity index (χ2v) is 5.27. The van der Waals surface area contributed by atoms with Crippen LogP contribution in [0, 0.1) is 0 Å². The van der Waals surface area contributed by atoms with Crippen molar-refractivity contribution in [3.63, 3.8) is 0 Å². The van der Waals surface area contributed by atoms with Crippen LogP contribution in [0.3, 0.4) is 0 Å². The average molecular weight is 309 g/mol. The standard InChI is InChI=1S/C18H19N3O2/c1-20-16-11-7-6-10-15(16)19-18(20)21(13-12-17(22)23-2)14-8-4-3-5-9-14/h3-11H,12-13H2,1-2H3. The first-order valence-electron chi connectivity index (χ1n) is 7.51. The minimum atomic E-state index is -0.232. The summed E-state index contributed by atoms with van der Waals surface area (Å²) >= 11 is 0. The molecule has 23 heavy (non-hydrogen) atoms. The number of esters is 1. The minimum absolute atomic E-state index is 0.232. The van der Waals surface area contributed by atoms with Gasteiger partial charge in [-0.25, -0.2) is 4.98 Å². The van der Waals surface area contributed by atoms with Gasteiger partial charge in [0.25, 0.3) is 0 Å². The van der Waals surface area contributed by atoms with Crippen LogP contribution in [0.5, 0.6) is 0 Å². The van der Waals surface area contributed by atoms with Crippen LogP contribution in [-0.4, -0.2) is 29.2 Å². The molecular formula is C18H19N3O2.